The summed E-state index contributed by atoms with van der Waals surface area (Å²) in [5.74, 6) is -0.124. The Kier molecular flexibility index (Phi) is 6.08. The van der Waals surface area contributed by atoms with Crippen LogP contribution in [0.15, 0.2) is 42.5 Å². The second-order valence-corrected chi connectivity index (χ2v) is 9.48. The molecular weight excluding hydrogens is 372 g/mol. The molecule has 1 N–H and O–H groups in total. The summed E-state index contributed by atoms with van der Waals surface area (Å²) in [6, 6.07) is 13.1. The molecule has 0 saturated heterocycles. The number of aryl methyl sites for hydroxylation is 1. The quantitative estimate of drug-likeness (QED) is 0.750. The van der Waals surface area contributed by atoms with Crippen LogP contribution in [-0.2, 0) is 22.9 Å². The molecule has 0 aliphatic carbocycles. The Morgan fingerprint density at radius 3 is 2.50 bits per heavy atom. The molecule has 5 nitrogen and oxygen atoms in total. The van der Waals surface area contributed by atoms with Gasteiger partial charge in [-0.3, -0.25) is 9.10 Å². The highest BCUT2D eigenvalue weighted by atomic mass is 32.2. The van der Waals surface area contributed by atoms with Crippen molar-refractivity contribution >= 4 is 27.3 Å². The van der Waals surface area contributed by atoms with Crippen LogP contribution in [0.1, 0.15) is 55.1 Å². The van der Waals surface area contributed by atoms with Crippen molar-refractivity contribution in [2.24, 2.45) is 0 Å². The molecule has 0 saturated carbocycles. The van der Waals surface area contributed by atoms with Crippen LogP contribution in [0.25, 0.3) is 0 Å². The van der Waals surface area contributed by atoms with E-state index in [1.54, 1.807) is 19.1 Å². The predicted octanol–water partition coefficient (Wildman–Crippen LogP) is 4.38. The first-order valence-electron chi connectivity index (χ1n) is 9.91. The maximum absolute atomic E-state index is 12.6. The van der Waals surface area contributed by atoms with E-state index < -0.39 is 10.0 Å². The molecule has 0 radical (unpaired) electrons. The summed E-state index contributed by atoms with van der Waals surface area (Å²) in [5, 5.41) is 2.93. The van der Waals surface area contributed by atoms with Crippen molar-refractivity contribution in [3.8, 4) is 0 Å². The van der Waals surface area contributed by atoms with Gasteiger partial charge in [-0.2, -0.15) is 0 Å². The van der Waals surface area contributed by atoms with Crippen LogP contribution in [0.2, 0.25) is 0 Å². The Bertz CT molecular complexity index is 952. The minimum absolute atomic E-state index is 0.0628. The number of amides is 1. The number of carbonyl (C=O) groups is 1. The van der Waals surface area contributed by atoms with Crippen LogP contribution < -0.4 is 9.62 Å². The lowest BCUT2D eigenvalue weighted by Crippen LogP contribution is -2.36. The van der Waals surface area contributed by atoms with Crippen molar-refractivity contribution in [3.05, 3.63) is 59.2 Å². The Labute approximate surface area is 167 Å². The number of rotatable bonds is 7. The van der Waals surface area contributed by atoms with Crippen LogP contribution in [0.5, 0.6) is 0 Å². The normalized spacial score (nSPS) is 16.1. The van der Waals surface area contributed by atoms with E-state index in [0.29, 0.717) is 17.7 Å². The third kappa shape index (κ3) is 4.22. The molecule has 3 rings (SSSR count). The number of hydrogen-bond acceptors (Lipinski definition) is 3. The fraction of sp³-hybridized carbons (Fsp3) is 0.409. The van der Waals surface area contributed by atoms with Gasteiger partial charge in [0.05, 0.1) is 11.4 Å². The summed E-state index contributed by atoms with van der Waals surface area (Å²) < 4.78 is 26.2. The Morgan fingerprint density at radius 2 is 1.86 bits per heavy atom. The molecule has 150 valence electrons. The van der Waals surface area contributed by atoms with Crippen LogP contribution in [0.3, 0.4) is 0 Å². The number of benzene rings is 2. The number of fused-ring (bicyclic) bond motifs is 1. The standard InChI is InChI=1S/C22H28N2O3S/c1-4-6-7-17-8-11-20(12-9-17)23-22(25)18-10-13-21-19(15-18)14-16(3)24(21)28(26,27)5-2/h8-13,15-16H,4-7,14H2,1-3H3,(H,23,25)/t16-/m0/s1. The zero-order valence-corrected chi connectivity index (χ0v) is 17.6. The van der Waals surface area contributed by atoms with Gasteiger partial charge < -0.3 is 5.32 Å². The smallest absolute Gasteiger partial charge is 0.255 e. The van der Waals surface area contributed by atoms with Gasteiger partial charge in [0.25, 0.3) is 5.91 Å². The molecule has 1 aliphatic rings. The summed E-state index contributed by atoms with van der Waals surface area (Å²) >= 11 is 0. The maximum Gasteiger partial charge on any atom is 0.255 e. The molecule has 1 amide bonds. The second kappa shape index (κ2) is 8.35. The zero-order chi connectivity index (χ0) is 20.3. The van der Waals surface area contributed by atoms with Crippen LogP contribution in [0.4, 0.5) is 11.4 Å². The van der Waals surface area contributed by atoms with Crippen LogP contribution >= 0.6 is 0 Å². The molecule has 1 atom stereocenters. The highest BCUT2D eigenvalue weighted by Gasteiger charge is 2.34. The second-order valence-electron chi connectivity index (χ2n) is 7.35. The average Bonchev–Trinajstić information content (AvgIpc) is 3.03. The van der Waals surface area contributed by atoms with Gasteiger partial charge in [-0.15, -0.1) is 0 Å². The highest BCUT2D eigenvalue weighted by Crippen LogP contribution is 2.35. The monoisotopic (exact) mass is 400 g/mol. The fourth-order valence-corrected chi connectivity index (χ4v) is 5.02. The summed E-state index contributed by atoms with van der Waals surface area (Å²) in [6.07, 6.45) is 3.98. The van der Waals surface area contributed by atoms with Gasteiger partial charge in [0.2, 0.25) is 10.0 Å². The van der Waals surface area contributed by atoms with E-state index in [4.69, 9.17) is 0 Å². The van der Waals surface area contributed by atoms with Gasteiger partial charge in [-0.05, 0) is 74.6 Å². The molecular formula is C22H28N2O3S. The minimum atomic E-state index is -3.32. The number of hydrogen-bond donors (Lipinski definition) is 1. The van der Waals surface area contributed by atoms with E-state index in [2.05, 4.69) is 12.2 Å². The first kappa shape index (κ1) is 20.4. The van der Waals surface area contributed by atoms with Gasteiger partial charge in [-0.25, -0.2) is 8.42 Å². The highest BCUT2D eigenvalue weighted by molar-refractivity contribution is 7.92. The molecule has 0 fully saturated rings. The fourth-order valence-electron chi connectivity index (χ4n) is 3.65. The molecule has 0 unspecified atom stereocenters. The largest absolute Gasteiger partial charge is 0.322 e. The molecule has 2 aromatic rings. The number of nitrogens with one attached hydrogen (secondary N) is 1. The first-order chi connectivity index (χ1) is 13.4. The van der Waals surface area contributed by atoms with Gasteiger partial charge in [0.15, 0.2) is 0 Å². The van der Waals surface area contributed by atoms with Crippen molar-refractivity contribution in [1.82, 2.24) is 0 Å². The Hall–Kier alpha value is -2.34. The van der Waals surface area contributed by atoms with Crippen LogP contribution in [0, 0.1) is 0 Å². The van der Waals surface area contributed by atoms with Crippen molar-refractivity contribution in [3.63, 3.8) is 0 Å². The van der Waals surface area contributed by atoms with E-state index in [1.165, 1.54) is 9.87 Å². The topological polar surface area (TPSA) is 66.5 Å². The van der Waals surface area contributed by atoms with E-state index in [-0.39, 0.29) is 17.7 Å². The van der Waals surface area contributed by atoms with E-state index in [9.17, 15) is 13.2 Å². The summed E-state index contributed by atoms with van der Waals surface area (Å²) in [6.45, 7) is 5.71. The lowest BCUT2D eigenvalue weighted by molar-refractivity contribution is 0.102. The predicted molar refractivity (Wildman–Crippen MR) is 115 cm³/mol. The van der Waals surface area contributed by atoms with E-state index >= 15 is 0 Å². The molecule has 1 heterocycles. The third-order valence-electron chi connectivity index (χ3n) is 5.19. The third-order valence-corrected chi connectivity index (χ3v) is 7.08. The summed E-state index contributed by atoms with van der Waals surface area (Å²) in [7, 11) is -3.32. The number of anilines is 2. The van der Waals surface area contributed by atoms with Crippen LogP contribution in [-0.4, -0.2) is 26.1 Å². The number of sulfonamides is 1. The lowest BCUT2D eigenvalue weighted by Gasteiger charge is -2.23. The van der Waals surface area contributed by atoms with Crippen molar-refractivity contribution in [2.45, 2.75) is 52.5 Å². The number of unbranched alkanes of at least 4 members (excludes halogenated alkanes) is 1. The lowest BCUT2D eigenvalue weighted by atomic mass is 10.1. The Morgan fingerprint density at radius 1 is 1.14 bits per heavy atom. The van der Waals surface area contributed by atoms with Gasteiger partial charge in [0.1, 0.15) is 0 Å². The number of carbonyl (C=O) groups excluding carboxylic acids is 1. The molecule has 1 aliphatic heterocycles. The van der Waals surface area contributed by atoms with Crippen molar-refractivity contribution in [1.29, 1.82) is 0 Å². The maximum atomic E-state index is 12.6. The van der Waals surface area contributed by atoms with E-state index in [0.717, 1.165) is 30.5 Å². The molecule has 2 aromatic carbocycles. The number of nitrogens with zero attached hydrogens (tertiary/aromatic N) is 1. The van der Waals surface area contributed by atoms with Gasteiger partial charge in [0, 0.05) is 17.3 Å². The zero-order valence-electron chi connectivity index (χ0n) is 16.7. The van der Waals surface area contributed by atoms with E-state index in [1.807, 2.05) is 37.3 Å². The first-order valence-corrected chi connectivity index (χ1v) is 11.5. The molecule has 6 heteroatoms. The SMILES string of the molecule is CCCCc1ccc(NC(=O)c2ccc3c(c2)C[C@H](C)N3S(=O)(=O)CC)cc1. The molecule has 0 spiro atoms. The Balaban J connectivity index is 1.75. The van der Waals surface area contributed by atoms with Gasteiger partial charge in [-0.1, -0.05) is 25.5 Å². The molecule has 28 heavy (non-hydrogen) atoms. The van der Waals surface area contributed by atoms with Gasteiger partial charge >= 0.3 is 0 Å². The summed E-state index contributed by atoms with van der Waals surface area (Å²) in [5.41, 5.74) is 4.15. The van der Waals surface area contributed by atoms with Crippen molar-refractivity contribution in [2.75, 3.05) is 15.4 Å². The summed E-state index contributed by atoms with van der Waals surface area (Å²) in [4.78, 5) is 12.6. The van der Waals surface area contributed by atoms with Crippen molar-refractivity contribution < 1.29 is 13.2 Å². The molecule has 0 aromatic heterocycles. The average molecular weight is 401 g/mol. The molecule has 0 bridgehead atoms. The minimum Gasteiger partial charge on any atom is -0.322 e.